The number of hydrogen-bond acceptors (Lipinski definition) is 18. The highest BCUT2D eigenvalue weighted by molar-refractivity contribution is 5.77. The minimum absolute atomic E-state index is 0.0620. The first kappa shape index (κ1) is 57.5. The molecule has 22 heteroatoms. The first-order valence-corrected chi connectivity index (χ1v) is 22.4. The van der Waals surface area contributed by atoms with Crippen LogP contribution in [0.25, 0.3) is 0 Å². The Morgan fingerprint density at radius 3 is 1.35 bits per heavy atom. The molecule has 0 saturated carbocycles. The van der Waals surface area contributed by atoms with Gasteiger partial charge in [-0.15, -0.1) is 0 Å². The number of hydrogen-bond donors (Lipinski definition) is 5. The summed E-state index contributed by atoms with van der Waals surface area (Å²) in [4.78, 5) is 70.9. The van der Waals surface area contributed by atoms with E-state index < -0.39 is 60.2 Å². The Labute approximate surface area is 381 Å². The molecule has 3 rings (SSSR count). The van der Waals surface area contributed by atoms with E-state index in [1.54, 1.807) is 4.90 Å². The maximum absolute atomic E-state index is 12.3. The lowest BCUT2D eigenvalue weighted by Crippen LogP contribution is -2.62. The summed E-state index contributed by atoms with van der Waals surface area (Å²) in [6.45, 7) is 15.2. The third-order valence-electron chi connectivity index (χ3n) is 11.3. The number of nitrogens with zero attached hydrogens (tertiary/aromatic N) is 1. The van der Waals surface area contributed by atoms with Crippen LogP contribution in [0.5, 0.6) is 0 Å². The number of carbonyl (C=O) groups excluding carboxylic acids is 5. The highest BCUT2D eigenvalue weighted by Gasteiger charge is 2.47. The maximum atomic E-state index is 12.3. The molecule has 0 bridgehead atoms. The molecule has 0 aromatic rings. The number of amides is 3. The Morgan fingerprint density at radius 2 is 1.00 bits per heavy atom. The van der Waals surface area contributed by atoms with E-state index in [4.69, 9.17) is 52.5 Å². The Kier molecular flexibility index (Phi) is 27.1. The standard InChI is InChI=1S/C25H44N2O10.C18H31NO9/c1-5-20-17(2)23(36-19(4)31)22(26-18(3)30)24(37-20)35-13-12-33-10-11-34-14-21(32)27-8-6-25(15-28,16-29)7-9-27;1-5-14-11(2)17(27-13(4)21)16(19-12(3)20)18(28-14)26-9-8-24-6-7-25-10-15(22)23/h17,20,22-24,28-29H,5-16H2,1-4H3,(H,26,30);11,14,16-18H,5-10H2,1-4H3,(H,19,20)(H,22,23). The minimum Gasteiger partial charge on any atom is -0.480 e. The lowest BCUT2D eigenvalue weighted by atomic mass is 9.80. The average molecular weight is 938 g/mol. The van der Waals surface area contributed by atoms with Crippen molar-refractivity contribution in [3.05, 3.63) is 0 Å². The van der Waals surface area contributed by atoms with Crippen molar-refractivity contribution < 1.29 is 91.5 Å². The zero-order valence-corrected chi connectivity index (χ0v) is 39.3. The Morgan fingerprint density at radius 1 is 0.615 bits per heavy atom. The number of piperidine rings is 1. The smallest absolute Gasteiger partial charge is 0.329 e. The van der Waals surface area contributed by atoms with Crippen molar-refractivity contribution in [2.45, 2.75) is 130 Å². The van der Waals surface area contributed by atoms with Crippen LogP contribution in [0.15, 0.2) is 0 Å². The fourth-order valence-electron chi connectivity index (χ4n) is 7.78. The molecule has 3 aliphatic rings. The third-order valence-corrected chi connectivity index (χ3v) is 11.3. The predicted molar refractivity (Wildman–Crippen MR) is 228 cm³/mol. The van der Waals surface area contributed by atoms with E-state index in [0.29, 0.717) is 38.8 Å². The lowest BCUT2D eigenvalue weighted by Gasteiger charge is -2.44. The molecule has 5 N–H and O–H groups in total. The molecule has 10 unspecified atom stereocenters. The highest BCUT2D eigenvalue weighted by atomic mass is 16.7. The van der Waals surface area contributed by atoms with Gasteiger partial charge in [0.15, 0.2) is 12.6 Å². The molecule has 22 nitrogen and oxygen atoms in total. The Balaban J connectivity index is 0.000000465. The fraction of sp³-hybridized carbons (Fsp3) is 0.860. The second-order valence-corrected chi connectivity index (χ2v) is 16.4. The number of carboxylic acid groups (broad SMARTS) is 1. The monoisotopic (exact) mass is 937 g/mol. The van der Waals surface area contributed by atoms with Crippen LogP contribution < -0.4 is 10.6 Å². The number of rotatable bonds is 26. The number of aliphatic hydroxyl groups excluding tert-OH is 2. The number of ether oxygens (including phenoxy) is 10. The lowest BCUT2D eigenvalue weighted by molar-refractivity contribution is -0.256. The van der Waals surface area contributed by atoms with Crippen molar-refractivity contribution in [2.75, 3.05) is 92.4 Å². The third kappa shape index (κ3) is 20.4. The highest BCUT2D eigenvalue weighted by Crippen LogP contribution is 2.33. The number of aliphatic carboxylic acids is 1. The summed E-state index contributed by atoms with van der Waals surface area (Å²) < 4.78 is 55.7. The molecule has 65 heavy (non-hydrogen) atoms. The second kappa shape index (κ2) is 30.7. The Hall–Kier alpha value is -3.58. The number of nitrogens with one attached hydrogen (secondary N) is 2. The molecule has 3 amide bonds. The number of carboxylic acids is 1. The first-order valence-electron chi connectivity index (χ1n) is 22.4. The van der Waals surface area contributed by atoms with Crippen molar-refractivity contribution in [1.29, 1.82) is 0 Å². The molecule has 10 atom stereocenters. The molecule has 3 fully saturated rings. The summed E-state index contributed by atoms with van der Waals surface area (Å²) in [5, 5.41) is 33.0. The van der Waals surface area contributed by atoms with Gasteiger partial charge in [0.05, 0.1) is 78.3 Å². The van der Waals surface area contributed by atoms with Gasteiger partial charge in [-0.05, 0) is 25.7 Å². The van der Waals surface area contributed by atoms with Crippen LogP contribution in [-0.2, 0) is 76.1 Å². The molecule has 0 aromatic heterocycles. The summed E-state index contributed by atoms with van der Waals surface area (Å²) >= 11 is 0. The van der Waals surface area contributed by atoms with Crippen LogP contribution in [0.1, 0.15) is 81.1 Å². The summed E-state index contributed by atoms with van der Waals surface area (Å²) in [6.07, 6.45) is -0.630. The van der Waals surface area contributed by atoms with Gasteiger partial charge in [-0.25, -0.2) is 4.79 Å². The van der Waals surface area contributed by atoms with E-state index in [9.17, 15) is 39.0 Å². The molecule has 0 aromatic carbocycles. The summed E-state index contributed by atoms with van der Waals surface area (Å²) in [5.41, 5.74) is -0.505. The zero-order chi connectivity index (χ0) is 48.5. The van der Waals surface area contributed by atoms with Crippen LogP contribution >= 0.6 is 0 Å². The van der Waals surface area contributed by atoms with Gasteiger partial charge in [0, 0.05) is 58.0 Å². The van der Waals surface area contributed by atoms with E-state index in [0.717, 1.165) is 0 Å². The molecule has 3 heterocycles. The maximum Gasteiger partial charge on any atom is 0.329 e. The molecule has 3 saturated heterocycles. The largest absolute Gasteiger partial charge is 0.480 e. The van der Waals surface area contributed by atoms with Gasteiger partial charge < -0.3 is 78.2 Å². The van der Waals surface area contributed by atoms with Gasteiger partial charge in [0.2, 0.25) is 17.7 Å². The number of esters is 2. The van der Waals surface area contributed by atoms with Gasteiger partial charge in [-0.2, -0.15) is 0 Å². The van der Waals surface area contributed by atoms with E-state index in [-0.39, 0.29) is 121 Å². The summed E-state index contributed by atoms with van der Waals surface area (Å²) in [6, 6.07) is -1.29. The minimum atomic E-state index is -1.04. The van der Waals surface area contributed by atoms with Crippen molar-refractivity contribution in [2.24, 2.45) is 17.3 Å². The van der Waals surface area contributed by atoms with E-state index in [1.807, 2.05) is 27.7 Å². The topological polar surface area (TPSA) is 283 Å². The van der Waals surface area contributed by atoms with Crippen molar-refractivity contribution in [3.63, 3.8) is 0 Å². The molecule has 0 aliphatic carbocycles. The molecule has 0 radical (unpaired) electrons. The number of aliphatic hydroxyl groups is 2. The quantitative estimate of drug-likeness (QED) is 0.0571. The molecule has 376 valence electrons. The van der Waals surface area contributed by atoms with Gasteiger partial charge in [-0.1, -0.05) is 27.7 Å². The first-order chi connectivity index (χ1) is 30.9. The van der Waals surface area contributed by atoms with Gasteiger partial charge in [-0.3, -0.25) is 24.0 Å². The molecule has 0 spiro atoms. The molecule has 3 aliphatic heterocycles. The summed E-state index contributed by atoms with van der Waals surface area (Å²) in [7, 11) is 0. The number of likely N-dealkylation sites (tertiary alicyclic amines) is 1. The van der Waals surface area contributed by atoms with Crippen LogP contribution in [0.3, 0.4) is 0 Å². The fourth-order valence-corrected chi connectivity index (χ4v) is 7.78. The second-order valence-electron chi connectivity index (χ2n) is 16.4. The van der Waals surface area contributed by atoms with Gasteiger partial charge >= 0.3 is 17.9 Å². The summed E-state index contributed by atoms with van der Waals surface area (Å²) in [5.74, 6) is -2.85. The van der Waals surface area contributed by atoms with Crippen molar-refractivity contribution in [3.8, 4) is 0 Å². The van der Waals surface area contributed by atoms with Crippen LogP contribution in [0.4, 0.5) is 0 Å². The average Bonchev–Trinajstić information content (AvgIpc) is 3.26. The predicted octanol–water partition coefficient (Wildman–Crippen LogP) is 0.165. The van der Waals surface area contributed by atoms with Gasteiger partial charge in [0.25, 0.3) is 0 Å². The van der Waals surface area contributed by atoms with Crippen LogP contribution in [0, 0.1) is 17.3 Å². The Bertz CT molecular complexity index is 1440. The van der Waals surface area contributed by atoms with E-state index in [2.05, 4.69) is 10.6 Å². The van der Waals surface area contributed by atoms with Crippen molar-refractivity contribution in [1.82, 2.24) is 15.5 Å². The number of carbonyl (C=O) groups is 6. The molecular weight excluding hydrogens is 862 g/mol. The van der Waals surface area contributed by atoms with Gasteiger partial charge in [0.1, 0.15) is 37.5 Å². The van der Waals surface area contributed by atoms with Crippen LogP contribution in [0.2, 0.25) is 0 Å². The van der Waals surface area contributed by atoms with Crippen LogP contribution in [-0.4, -0.2) is 197 Å². The van der Waals surface area contributed by atoms with E-state index in [1.165, 1.54) is 27.7 Å². The SMILES string of the molecule is CCC1OC(OCCOCCOCC(=O)N2CCC(CO)(CO)CC2)C(NC(C)=O)C(OC(C)=O)C1C.CCC1OC(OCCOCCOCC(=O)O)C(NC(C)=O)C(OC(C)=O)C1C. The molecular formula is C43H75N3O19. The normalized spacial score (nSPS) is 27.4. The zero-order valence-electron chi connectivity index (χ0n) is 39.3. The van der Waals surface area contributed by atoms with E-state index >= 15 is 0 Å². The van der Waals surface area contributed by atoms with Crippen molar-refractivity contribution >= 4 is 35.6 Å².